The molecule has 0 N–H and O–H groups in total. The summed E-state index contributed by atoms with van der Waals surface area (Å²) in [7, 11) is 1.60. The van der Waals surface area contributed by atoms with E-state index in [9.17, 15) is 4.79 Å². The van der Waals surface area contributed by atoms with Crippen molar-refractivity contribution in [3.05, 3.63) is 42.0 Å². The Kier molecular flexibility index (Phi) is 3.65. The number of hydrogen-bond acceptors (Lipinski definition) is 2. The maximum atomic E-state index is 11.3. The molecule has 1 aromatic heterocycles. The van der Waals surface area contributed by atoms with Gasteiger partial charge in [-0.05, 0) is 24.6 Å². The second-order valence-electron chi connectivity index (χ2n) is 5.25. The van der Waals surface area contributed by atoms with E-state index in [-0.39, 0.29) is 0 Å². The summed E-state index contributed by atoms with van der Waals surface area (Å²) in [6.45, 7) is 3.15. The Bertz CT molecular complexity index is 802. The lowest BCUT2D eigenvalue weighted by atomic mass is 10.1. The lowest BCUT2D eigenvalue weighted by Gasteiger charge is -2.08. The molecule has 0 fully saturated rings. The highest BCUT2D eigenvalue weighted by Crippen LogP contribution is 2.33. The van der Waals surface area contributed by atoms with Gasteiger partial charge in [-0.2, -0.15) is 0 Å². The van der Waals surface area contributed by atoms with Crippen molar-refractivity contribution in [2.24, 2.45) is 0 Å². The van der Waals surface area contributed by atoms with E-state index in [1.54, 1.807) is 7.11 Å². The minimum Gasteiger partial charge on any atom is -0.496 e. The van der Waals surface area contributed by atoms with Gasteiger partial charge in [0, 0.05) is 22.8 Å². The van der Waals surface area contributed by atoms with Gasteiger partial charge in [0.25, 0.3) is 0 Å². The van der Waals surface area contributed by atoms with Gasteiger partial charge in [-0.15, -0.1) is 0 Å². The fourth-order valence-corrected chi connectivity index (χ4v) is 2.92. The van der Waals surface area contributed by atoms with Crippen molar-refractivity contribution in [1.82, 2.24) is 4.57 Å². The molecule has 0 saturated heterocycles. The molecular formula is C18H19NO2. The number of carbonyl (C=O) groups is 1. The second-order valence-corrected chi connectivity index (χ2v) is 5.25. The number of aldehydes is 1. The molecule has 2 aromatic carbocycles. The summed E-state index contributed by atoms with van der Waals surface area (Å²) < 4.78 is 7.65. The summed E-state index contributed by atoms with van der Waals surface area (Å²) in [6.07, 6.45) is 3.13. The summed E-state index contributed by atoms with van der Waals surface area (Å²) in [5.74, 6) is 0.635. The van der Waals surface area contributed by atoms with Crippen molar-refractivity contribution in [3.63, 3.8) is 0 Å². The number of carbonyl (C=O) groups excluding carboxylic acids is 1. The van der Waals surface area contributed by atoms with Crippen LogP contribution in [0.1, 0.15) is 30.1 Å². The molecule has 0 atom stereocenters. The van der Waals surface area contributed by atoms with Gasteiger partial charge in [0.1, 0.15) is 5.75 Å². The lowest BCUT2D eigenvalue weighted by Crippen LogP contribution is -1.98. The molecule has 0 unspecified atom stereocenters. The Morgan fingerprint density at radius 1 is 1.14 bits per heavy atom. The molecule has 3 aromatic rings. The maximum Gasteiger partial charge on any atom is 0.153 e. The Hall–Kier alpha value is -2.29. The molecule has 0 radical (unpaired) electrons. The fraction of sp³-hybridized carbons (Fsp3) is 0.278. The summed E-state index contributed by atoms with van der Waals surface area (Å²) in [4.78, 5) is 11.3. The first-order valence-electron chi connectivity index (χ1n) is 7.34. The first-order valence-corrected chi connectivity index (χ1v) is 7.34. The largest absolute Gasteiger partial charge is 0.496 e. The minimum absolute atomic E-state index is 0.602. The highest BCUT2D eigenvalue weighted by molar-refractivity contribution is 6.10. The molecule has 0 aliphatic carbocycles. The van der Waals surface area contributed by atoms with Gasteiger partial charge in [-0.25, -0.2) is 0 Å². The number of benzene rings is 2. The van der Waals surface area contributed by atoms with Crippen LogP contribution >= 0.6 is 0 Å². The number of unbranched alkanes of at least 4 members (excludes halogenated alkanes) is 1. The van der Waals surface area contributed by atoms with E-state index in [2.05, 4.69) is 29.7 Å². The van der Waals surface area contributed by atoms with E-state index in [1.165, 1.54) is 10.9 Å². The van der Waals surface area contributed by atoms with E-state index in [0.717, 1.165) is 36.6 Å². The summed E-state index contributed by atoms with van der Waals surface area (Å²) >= 11 is 0. The molecule has 0 spiro atoms. The van der Waals surface area contributed by atoms with E-state index < -0.39 is 0 Å². The van der Waals surface area contributed by atoms with Gasteiger partial charge in [0.05, 0.1) is 18.2 Å². The van der Waals surface area contributed by atoms with Crippen LogP contribution in [0, 0.1) is 0 Å². The molecule has 21 heavy (non-hydrogen) atoms. The third-order valence-corrected chi connectivity index (χ3v) is 3.99. The van der Waals surface area contributed by atoms with Crippen molar-refractivity contribution in [1.29, 1.82) is 0 Å². The molecule has 1 heterocycles. The van der Waals surface area contributed by atoms with Crippen LogP contribution in [0.2, 0.25) is 0 Å². The smallest absolute Gasteiger partial charge is 0.153 e. The van der Waals surface area contributed by atoms with Crippen LogP contribution in [-0.4, -0.2) is 18.0 Å². The van der Waals surface area contributed by atoms with Crippen molar-refractivity contribution in [3.8, 4) is 5.75 Å². The van der Waals surface area contributed by atoms with Crippen molar-refractivity contribution in [2.75, 3.05) is 7.11 Å². The van der Waals surface area contributed by atoms with Gasteiger partial charge < -0.3 is 9.30 Å². The zero-order valence-electron chi connectivity index (χ0n) is 12.4. The van der Waals surface area contributed by atoms with E-state index in [4.69, 9.17) is 4.74 Å². The predicted molar refractivity (Wildman–Crippen MR) is 86.3 cm³/mol. The SMILES string of the molecule is CCCCn1c2ccccc2c2cc(OC)c(C=O)cc21. The predicted octanol–water partition coefficient (Wildman–Crippen LogP) is 4.42. The minimum atomic E-state index is 0.602. The standard InChI is InChI=1S/C18H19NO2/c1-3-4-9-19-16-8-6-5-7-14(16)15-11-18(21-2)13(12-20)10-17(15)19/h5-8,10-12H,3-4,9H2,1-2H3. The summed E-state index contributed by atoms with van der Waals surface area (Å²) in [5, 5.41) is 2.35. The normalized spacial score (nSPS) is 11.1. The molecule has 0 aliphatic rings. The fourth-order valence-electron chi connectivity index (χ4n) is 2.92. The van der Waals surface area contributed by atoms with Crippen molar-refractivity contribution in [2.45, 2.75) is 26.3 Å². The maximum absolute atomic E-state index is 11.3. The zero-order valence-corrected chi connectivity index (χ0v) is 12.4. The number of nitrogens with zero attached hydrogens (tertiary/aromatic N) is 1. The Labute approximate surface area is 124 Å². The van der Waals surface area contributed by atoms with E-state index >= 15 is 0 Å². The number of aromatic nitrogens is 1. The molecule has 0 bridgehead atoms. The van der Waals surface area contributed by atoms with Crippen molar-refractivity contribution < 1.29 is 9.53 Å². The second kappa shape index (κ2) is 5.60. The number of rotatable bonds is 5. The number of hydrogen-bond donors (Lipinski definition) is 0. The Balaban J connectivity index is 2.37. The summed E-state index contributed by atoms with van der Waals surface area (Å²) in [5.41, 5.74) is 2.92. The van der Waals surface area contributed by atoms with Gasteiger partial charge in [0.2, 0.25) is 0 Å². The van der Waals surface area contributed by atoms with Crippen LogP contribution < -0.4 is 4.74 Å². The molecule has 0 saturated carbocycles. The number of ether oxygens (including phenoxy) is 1. The Morgan fingerprint density at radius 2 is 1.95 bits per heavy atom. The molecule has 108 valence electrons. The van der Waals surface area contributed by atoms with Crippen LogP contribution in [-0.2, 0) is 6.54 Å². The molecular weight excluding hydrogens is 262 g/mol. The average Bonchev–Trinajstić information content (AvgIpc) is 2.84. The molecule has 3 rings (SSSR count). The molecule has 0 amide bonds. The molecule has 3 nitrogen and oxygen atoms in total. The average molecular weight is 281 g/mol. The quantitative estimate of drug-likeness (QED) is 0.648. The lowest BCUT2D eigenvalue weighted by molar-refractivity contribution is 0.112. The van der Waals surface area contributed by atoms with Crippen LogP contribution in [0.4, 0.5) is 0 Å². The van der Waals surface area contributed by atoms with E-state index in [1.807, 2.05) is 18.2 Å². The topological polar surface area (TPSA) is 31.2 Å². The van der Waals surface area contributed by atoms with Gasteiger partial charge in [-0.3, -0.25) is 4.79 Å². The summed E-state index contributed by atoms with van der Waals surface area (Å²) in [6, 6.07) is 12.3. The first-order chi connectivity index (χ1) is 10.3. The third-order valence-electron chi connectivity index (χ3n) is 3.99. The zero-order chi connectivity index (χ0) is 14.8. The third kappa shape index (κ3) is 2.19. The molecule has 3 heteroatoms. The van der Waals surface area contributed by atoms with Crippen LogP contribution in [0.3, 0.4) is 0 Å². The Morgan fingerprint density at radius 3 is 2.67 bits per heavy atom. The highest BCUT2D eigenvalue weighted by Gasteiger charge is 2.13. The van der Waals surface area contributed by atoms with Crippen LogP contribution in [0.15, 0.2) is 36.4 Å². The first kappa shape index (κ1) is 13.7. The van der Waals surface area contributed by atoms with Crippen LogP contribution in [0.5, 0.6) is 5.75 Å². The highest BCUT2D eigenvalue weighted by atomic mass is 16.5. The van der Waals surface area contributed by atoms with Crippen molar-refractivity contribution >= 4 is 28.1 Å². The van der Waals surface area contributed by atoms with Gasteiger partial charge in [0.15, 0.2) is 6.29 Å². The number of para-hydroxylation sites is 1. The number of fused-ring (bicyclic) bond motifs is 3. The van der Waals surface area contributed by atoms with Gasteiger partial charge >= 0.3 is 0 Å². The van der Waals surface area contributed by atoms with Crippen LogP contribution in [0.25, 0.3) is 21.8 Å². The molecule has 0 aliphatic heterocycles. The van der Waals surface area contributed by atoms with Gasteiger partial charge in [-0.1, -0.05) is 31.5 Å². The van der Waals surface area contributed by atoms with E-state index in [0.29, 0.717) is 11.3 Å². The number of aryl methyl sites for hydroxylation is 1. The number of methoxy groups -OCH3 is 1. The monoisotopic (exact) mass is 281 g/mol.